The van der Waals surface area contributed by atoms with Gasteiger partial charge in [0, 0.05) is 6.42 Å². The number of fused-ring (bicyclic) bond motifs is 1. The Bertz CT molecular complexity index is 649. The van der Waals surface area contributed by atoms with E-state index in [4.69, 9.17) is 4.74 Å². The lowest BCUT2D eigenvalue weighted by Crippen LogP contribution is -2.11. The van der Waals surface area contributed by atoms with Gasteiger partial charge in [0.1, 0.15) is 6.61 Å². The number of esters is 1. The third-order valence-corrected chi connectivity index (χ3v) is 4.17. The number of carbonyl (C=O) groups excluding carboxylic acids is 1. The normalized spacial score (nSPS) is 16.3. The van der Waals surface area contributed by atoms with E-state index in [1.807, 2.05) is 42.5 Å². The number of carbonyl (C=O) groups is 1. The van der Waals surface area contributed by atoms with E-state index >= 15 is 0 Å². The Labute approximate surface area is 130 Å². The molecule has 1 aliphatic carbocycles. The van der Waals surface area contributed by atoms with Gasteiger partial charge in [-0.2, -0.15) is 0 Å². The van der Waals surface area contributed by atoms with E-state index in [2.05, 4.69) is 6.07 Å². The molecule has 2 aromatic carbocycles. The van der Waals surface area contributed by atoms with Crippen LogP contribution in [0.15, 0.2) is 48.5 Å². The minimum absolute atomic E-state index is 0.0665. The van der Waals surface area contributed by atoms with Crippen molar-refractivity contribution in [2.24, 2.45) is 5.92 Å². The summed E-state index contributed by atoms with van der Waals surface area (Å²) in [6.07, 6.45) is 2.26. The zero-order valence-electron chi connectivity index (χ0n) is 12.5. The molecule has 22 heavy (non-hydrogen) atoms. The quantitative estimate of drug-likeness (QED) is 0.863. The molecular weight excluding hydrogens is 276 g/mol. The molecule has 3 heteroatoms. The lowest BCUT2D eigenvalue weighted by atomic mass is 10.0. The topological polar surface area (TPSA) is 46.5 Å². The number of hydrogen-bond acceptors (Lipinski definition) is 3. The van der Waals surface area contributed by atoms with Crippen molar-refractivity contribution in [3.05, 3.63) is 70.8 Å². The molecule has 0 saturated heterocycles. The summed E-state index contributed by atoms with van der Waals surface area (Å²) in [4.78, 5) is 12.0. The fraction of sp³-hybridized carbons (Fsp3) is 0.316. The molecule has 0 unspecified atom stereocenters. The van der Waals surface area contributed by atoms with Crippen LogP contribution in [0.1, 0.15) is 28.7 Å². The molecule has 0 heterocycles. The first-order chi connectivity index (χ1) is 10.7. The van der Waals surface area contributed by atoms with Gasteiger partial charge >= 0.3 is 5.97 Å². The summed E-state index contributed by atoms with van der Waals surface area (Å²) in [7, 11) is 0. The molecule has 0 spiro atoms. The Morgan fingerprint density at radius 1 is 1.05 bits per heavy atom. The summed E-state index contributed by atoms with van der Waals surface area (Å²) < 4.78 is 5.35. The molecule has 0 radical (unpaired) electrons. The molecule has 0 saturated carbocycles. The van der Waals surface area contributed by atoms with Gasteiger partial charge in [-0.05, 0) is 41.0 Å². The Kier molecular flexibility index (Phi) is 4.54. The third-order valence-electron chi connectivity index (χ3n) is 4.17. The Hall–Kier alpha value is -2.13. The van der Waals surface area contributed by atoms with Crippen molar-refractivity contribution in [3.63, 3.8) is 0 Å². The van der Waals surface area contributed by atoms with Crippen LogP contribution >= 0.6 is 0 Å². The zero-order chi connectivity index (χ0) is 15.4. The van der Waals surface area contributed by atoms with Crippen LogP contribution in [0.5, 0.6) is 0 Å². The standard InChI is InChI=1S/C19H20O3/c20-12-15-6-7-17-9-16(10-18(17)8-15)11-19(21)22-13-14-4-2-1-3-5-14/h1-8,16,20H,9-13H2/t16-/m0/s1. The molecule has 0 aliphatic heterocycles. The first-order valence-electron chi connectivity index (χ1n) is 7.65. The highest BCUT2D eigenvalue weighted by Gasteiger charge is 2.24. The molecule has 0 amide bonds. The van der Waals surface area contributed by atoms with Crippen molar-refractivity contribution in [2.45, 2.75) is 32.5 Å². The van der Waals surface area contributed by atoms with Crippen molar-refractivity contribution >= 4 is 5.97 Å². The largest absolute Gasteiger partial charge is 0.461 e. The molecular formula is C19H20O3. The van der Waals surface area contributed by atoms with Gasteiger partial charge in [-0.1, -0.05) is 48.5 Å². The predicted octanol–water partition coefficient (Wildman–Crippen LogP) is 3.03. The summed E-state index contributed by atoms with van der Waals surface area (Å²) in [5.41, 5.74) is 4.50. The van der Waals surface area contributed by atoms with E-state index < -0.39 is 0 Å². The molecule has 1 atom stereocenters. The monoisotopic (exact) mass is 296 g/mol. The minimum Gasteiger partial charge on any atom is -0.461 e. The van der Waals surface area contributed by atoms with Crippen molar-refractivity contribution in [3.8, 4) is 0 Å². The second kappa shape index (κ2) is 6.75. The predicted molar refractivity (Wildman–Crippen MR) is 84.1 cm³/mol. The maximum Gasteiger partial charge on any atom is 0.306 e. The molecule has 0 bridgehead atoms. The highest BCUT2D eigenvalue weighted by molar-refractivity contribution is 5.70. The second-order valence-corrected chi connectivity index (χ2v) is 5.89. The van der Waals surface area contributed by atoms with Gasteiger partial charge in [0.25, 0.3) is 0 Å². The fourth-order valence-electron chi connectivity index (χ4n) is 3.04. The van der Waals surface area contributed by atoms with Gasteiger partial charge in [0.15, 0.2) is 0 Å². The molecule has 1 N–H and O–H groups in total. The molecule has 3 nitrogen and oxygen atoms in total. The number of rotatable bonds is 5. The van der Waals surface area contributed by atoms with E-state index in [-0.39, 0.29) is 12.6 Å². The lowest BCUT2D eigenvalue weighted by molar-refractivity contribution is -0.146. The van der Waals surface area contributed by atoms with Crippen molar-refractivity contribution < 1.29 is 14.6 Å². The van der Waals surface area contributed by atoms with E-state index in [1.165, 1.54) is 11.1 Å². The van der Waals surface area contributed by atoms with Gasteiger partial charge in [-0.15, -0.1) is 0 Å². The summed E-state index contributed by atoms with van der Waals surface area (Å²) in [6, 6.07) is 15.8. The fourth-order valence-corrected chi connectivity index (χ4v) is 3.04. The molecule has 3 rings (SSSR count). The van der Waals surface area contributed by atoms with Gasteiger partial charge in [-0.25, -0.2) is 0 Å². The van der Waals surface area contributed by atoms with Crippen LogP contribution in [0, 0.1) is 5.92 Å². The SMILES string of the molecule is O=C(C[C@H]1Cc2ccc(CO)cc2C1)OCc1ccccc1. The van der Waals surface area contributed by atoms with Crippen molar-refractivity contribution in [1.29, 1.82) is 0 Å². The highest BCUT2D eigenvalue weighted by Crippen LogP contribution is 2.30. The zero-order valence-corrected chi connectivity index (χ0v) is 12.5. The van der Waals surface area contributed by atoms with E-state index in [0.717, 1.165) is 24.0 Å². The number of ether oxygens (including phenoxy) is 1. The van der Waals surface area contributed by atoms with Gasteiger partial charge in [0.05, 0.1) is 6.61 Å². The molecule has 1 aliphatic rings. The average Bonchev–Trinajstić information content (AvgIpc) is 2.95. The number of aliphatic hydroxyl groups is 1. The smallest absolute Gasteiger partial charge is 0.306 e. The maximum atomic E-state index is 12.0. The Morgan fingerprint density at radius 2 is 1.82 bits per heavy atom. The molecule has 2 aromatic rings. The van der Waals surface area contributed by atoms with Crippen LogP contribution in [-0.4, -0.2) is 11.1 Å². The van der Waals surface area contributed by atoms with Crippen LogP contribution in [-0.2, 0) is 35.6 Å². The van der Waals surface area contributed by atoms with Gasteiger partial charge in [-0.3, -0.25) is 4.79 Å². The Morgan fingerprint density at radius 3 is 2.59 bits per heavy atom. The molecule has 114 valence electrons. The number of aliphatic hydroxyl groups excluding tert-OH is 1. The summed E-state index contributed by atoms with van der Waals surface area (Å²) >= 11 is 0. The minimum atomic E-state index is -0.135. The number of benzene rings is 2. The third kappa shape index (κ3) is 3.55. The summed E-state index contributed by atoms with van der Waals surface area (Å²) in [6.45, 7) is 0.408. The van der Waals surface area contributed by atoms with Crippen molar-refractivity contribution in [1.82, 2.24) is 0 Å². The van der Waals surface area contributed by atoms with Crippen LogP contribution in [0.2, 0.25) is 0 Å². The van der Waals surface area contributed by atoms with E-state index in [1.54, 1.807) is 0 Å². The highest BCUT2D eigenvalue weighted by atomic mass is 16.5. The first kappa shape index (κ1) is 14.8. The van der Waals surface area contributed by atoms with E-state index in [9.17, 15) is 9.90 Å². The lowest BCUT2D eigenvalue weighted by Gasteiger charge is -2.09. The Balaban J connectivity index is 1.51. The van der Waals surface area contributed by atoms with Crippen LogP contribution < -0.4 is 0 Å². The summed E-state index contributed by atoms with van der Waals surface area (Å²) in [5.74, 6) is 0.177. The van der Waals surface area contributed by atoms with Crippen molar-refractivity contribution in [2.75, 3.05) is 0 Å². The average molecular weight is 296 g/mol. The summed E-state index contributed by atoms with van der Waals surface area (Å²) in [5, 5.41) is 9.18. The van der Waals surface area contributed by atoms with E-state index in [0.29, 0.717) is 18.9 Å². The van der Waals surface area contributed by atoms with Gasteiger partial charge < -0.3 is 9.84 Å². The maximum absolute atomic E-state index is 12.0. The van der Waals surface area contributed by atoms with Crippen LogP contribution in [0.3, 0.4) is 0 Å². The van der Waals surface area contributed by atoms with Gasteiger partial charge in [0.2, 0.25) is 0 Å². The molecule has 0 fully saturated rings. The second-order valence-electron chi connectivity index (χ2n) is 5.89. The van der Waals surface area contributed by atoms with Crippen LogP contribution in [0.25, 0.3) is 0 Å². The number of hydrogen-bond donors (Lipinski definition) is 1. The van der Waals surface area contributed by atoms with Crippen LogP contribution in [0.4, 0.5) is 0 Å². The molecule has 0 aromatic heterocycles. The first-order valence-corrected chi connectivity index (χ1v) is 7.65.